The second-order valence-corrected chi connectivity index (χ2v) is 10.1. The van der Waals surface area contributed by atoms with Gasteiger partial charge in [0.2, 0.25) is 0 Å². The van der Waals surface area contributed by atoms with E-state index in [0.717, 1.165) is 29.7 Å². The van der Waals surface area contributed by atoms with Crippen LogP contribution in [0.5, 0.6) is 0 Å². The lowest BCUT2D eigenvalue weighted by Crippen LogP contribution is -2.51. The van der Waals surface area contributed by atoms with E-state index < -0.39 is 0 Å². The summed E-state index contributed by atoms with van der Waals surface area (Å²) in [5.74, 6) is 4.06. The molecule has 1 saturated heterocycles. The van der Waals surface area contributed by atoms with E-state index in [2.05, 4.69) is 22.8 Å². The van der Waals surface area contributed by atoms with Crippen molar-refractivity contribution in [1.82, 2.24) is 5.32 Å². The summed E-state index contributed by atoms with van der Waals surface area (Å²) < 4.78 is 0. The van der Waals surface area contributed by atoms with Gasteiger partial charge >= 0.3 is 0 Å². The molecule has 4 atom stereocenters. The molecule has 6 rings (SSSR count). The van der Waals surface area contributed by atoms with Crippen LogP contribution in [0.3, 0.4) is 0 Å². The first-order valence-electron chi connectivity index (χ1n) is 10.1. The summed E-state index contributed by atoms with van der Waals surface area (Å²) in [5, 5.41) is 6.12. The first kappa shape index (κ1) is 15.0. The molecule has 1 nitrogen and oxygen atoms in total. The molecule has 0 radical (unpaired) electrons. The molecule has 1 aromatic rings. The summed E-state index contributed by atoms with van der Waals surface area (Å²) in [6, 6.07) is 5.57. The van der Waals surface area contributed by atoms with Gasteiger partial charge in [-0.05, 0) is 98.9 Å². The van der Waals surface area contributed by atoms with Gasteiger partial charge < -0.3 is 5.32 Å². The number of hydrogen-bond donors (Lipinski definition) is 1. The van der Waals surface area contributed by atoms with Gasteiger partial charge in [0.1, 0.15) is 0 Å². The summed E-state index contributed by atoms with van der Waals surface area (Å²) >= 11 is 2.05. The maximum Gasteiger partial charge on any atom is 0.00844 e. The van der Waals surface area contributed by atoms with Gasteiger partial charge in [-0.25, -0.2) is 0 Å². The Balaban J connectivity index is 1.40. The summed E-state index contributed by atoms with van der Waals surface area (Å²) in [4.78, 5) is 1.73. The lowest BCUT2D eigenvalue weighted by atomic mass is 9.44. The Labute approximate surface area is 145 Å². The van der Waals surface area contributed by atoms with Gasteiger partial charge in [-0.2, -0.15) is 0 Å². The van der Waals surface area contributed by atoms with Crippen molar-refractivity contribution >= 4 is 11.3 Å². The average molecular weight is 330 g/mol. The van der Waals surface area contributed by atoms with Gasteiger partial charge in [-0.1, -0.05) is 12.5 Å². The van der Waals surface area contributed by atoms with Gasteiger partial charge in [0, 0.05) is 16.8 Å². The molecular weight excluding hydrogens is 298 g/mol. The summed E-state index contributed by atoms with van der Waals surface area (Å²) in [6.07, 6.45) is 15.0. The smallest absolute Gasteiger partial charge is 0.00844 e. The van der Waals surface area contributed by atoms with Gasteiger partial charge in [0.05, 0.1) is 0 Å². The standard InChI is InChI=1S/C21H31NS/c1-2-8-22-18(4-1)6-7-21-13-15-10-16(14-21)12-17(11-15)20(21)19-5-3-9-23-19/h3,5,9,15-18,20,22H,1-2,4,6-8,10-14H2. The Morgan fingerprint density at radius 3 is 2.70 bits per heavy atom. The zero-order chi connectivity index (χ0) is 15.3. The fraction of sp³-hybridized carbons (Fsp3) is 0.810. The highest BCUT2D eigenvalue weighted by Gasteiger charge is 2.57. The van der Waals surface area contributed by atoms with Gasteiger partial charge in [0.25, 0.3) is 0 Å². The van der Waals surface area contributed by atoms with Crippen molar-refractivity contribution in [2.45, 2.75) is 76.2 Å². The normalized spacial score (nSPS) is 45.5. The van der Waals surface area contributed by atoms with Gasteiger partial charge in [-0.15, -0.1) is 11.3 Å². The van der Waals surface area contributed by atoms with Gasteiger partial charge in [-0.3, -0.25) is 0 Å². The molecule has 4 bridgehead atoms. The van der Waals surface area contributed by atoms with Crippen molar-refractivity contribution in [3.63, 3.8) is 0 Å². The third-order valence-electron chi connectivity index (χ3n) is 7.71. The highest BCUT2D eigenvalue weighted by atomic mass is 32.1. The lowest BCUT2D eigenvalue weighted by molar-refractivity contribution is -0.0810. The molecular formula is C21H31NS. The molecule has 0 amide bonds. The van der Waals surface area contributed by atoms with Crippen molar-refractivity contribution in [2.75, 3.05) is 6.54 Å². The first-order valence-corrected chi connectivity index (χ1v) is 11.0. The zero-order valence-corrected chi connectivity index (χ0v) is 15.1. The fourth-order valence-corrected chi connectivity index (χ4v) is 8.26. The van der Waals surface area contributed by atoms with Crippen molar-refractivity contribution in [2.24, 2.45) is 23.2 Å². The molecule has 1 N–H and O–H groups in total. The molecule has 4 saturated carbocycles. The molecule has 23 heavy (non-hydrogen) atoms. The summed E-state index contributed by atoms with van der Waals surface area (Å²) in [7, 11) is 0. The Bertz CT molecular complexity index is 516. The van der Waals surface area contributed by atoms with Crippen molar-refractivity contribution in [1.29, 1.82) is 0 Å². The topological polar surface area (TPSA) is 12.0 Å². The van der Waals surface area contributed by atoms with Gasteiger partial charge in [0.15, 0.2) is 0 Å². The van der Waals surface area contributed by atoms with E-state index in [9.17, 15) is 0 Å². The molecule has 5 aliphatic rings. The maximum atomic E-state index is 3.80. The summed E-state index contributed by atoms with van der Waals surface area (Å²) in [5.41, 5.74) is 0.665. The van der Waals surface area contributed by atoms with E-state index in [1.807, 2.05) is 11.3 Å². The van der Waals surface area contributed by atoms with E-state index in [0.29, 0.717) is 5.41 Å². The molecule has 4 unspecified atom stereocenters. The minimum atomic E-state index is 0.665. The molecule has 1 aromatic heterocycles. The van der Waals surface area contributed by atoms with E-state index in [-0.39, 0.29) is 0 Å². The predicted octanol–water partition coefficient (Wildman–Crippen LogP) is 5.58. The highest BCUT2D eigenvalue weighted by Crippen LogP contribution is 2.68. The van der Waals surface area contributed by atoms with E-state index in [1.165, 1.54) is 38.6 Å². The zero-order valence-electron chi connectivity index (χ0n) is 14.3. The van der Waals surface area contributed by atoms with E-state index >= 15 is 0 Å². The SMILES string of the molecule is c1csc(C2C3CC4CC(C3)CC2(CCC2CCCCN2)C4)c1. The Hall–Kier alpha value is -0.340. The van der Waals surface area contributed by atoms with Crippen LogP contribution >= 0.6 is 11.3 Å². The van der Waals surface area contributed by atoms with Crippen LogP contribution < -0.4 is 5.32 Å². The quantitative estimate of drug-likeness (QED) is 0.760. The maximum absolute atomic E-state index is 3.80. The van der Waals surface area contributed by atoms with Crippen molar-refractivity contribution in [3.8, 4) is 0 Å². The second-order valence-electron chi connectivity index (χ2n) is 9.15. The molecule has 0 spiro atoms. The highest BCUT2D eigenvalue weighted by molar-refractivity contribution is 7.10. The Morgan fingerprint density at radius 2 is 2.00 bits per heavy atom. The molecule has 1 aliphatic heterocycles. The number of nitrogens with one attached hydrogen (secondary N) is 1. The molecule has 2 heteroatoms. The summed E-state index contributed by atoms with van der Waals surface area (Å²) in [6.45, 7) is 1.26. The van der Waals surface area contributed by atoms with Crippen LogP contribution in [0, 0.1) is 23.2 Å². The van der Waals surface area contributed by atoms with Crippen LogP contribution in [-0.4, -0.2) is 12.6 Å². The third-order valence-corrected chi connectivity index (χ3v) is 8.67. The average Bonchev–Trinajstić information content (AvgIpc) is 3.07. The molecule has 126 valence electrons. The Kier molecular flexibility index (Phi) is 3.82. The molecule has 0 aromatic carbocycles. The van der Waals surface area contributed by atoms with E-state index in [1.54, 1.807) is 37.0 Å². The molecule has 2 heterocycles. The van der Waals surface area contributed by atoms with Crippen LogP contribution in [0.15, 0.2) is 17.5 Å². The lowest BCUT2D eigenvalue weighted by Gasteiger charge is -2.61. The monoisotopic (exact) mass is 329 g/mol. The number of thiophene rings is 1. The van der Waals surface area contributed by atoms with Crippen LogP contribution in [0.25, 0.3) is 0 Å². The third kappa shape index (κ3) is 2.61. The fourth-order valence-electron chi connectivity index (χ4n) is 7.20. The molecule has 5 fully saturated rings. The van der Waals surface area contributed by atoms with E-state index in [4.69, 9.17) is 0 Å². The predicted molar refractivity (Wildman–Crippen MR) is 97.9 cm³/mol. The minimum Gasteiger partial charge on any atom is -0.314 e. The van der Waals surface area contributed by atoms with Crippen LogP contribution in [0.2, 0.25) is 0 Å². The van der Waals surface area contributed by atoms with Crippen LogP contribution in [-0.2, 0) is 0 Å². The molecule has 4 aliphatic carbocycles. The minimum absolute atomic E-state index is 0.665. The number of piperidine rings is 1. The second kappa shape index (κ2) is 5.88. The van der Waals surface area contributed by atoms with Crippen molar-refractivity contribution in [3.05, 3.63) is 22.4 Å². The van der Waals surface area contributed by atoms with Crippen LogP contribution in [0.4, 0.5) is 0 Å². The largest absolute Gasteiger partial charge is 0.314 e. The Morgan fingerprint density at radius 1 is 1.13 bits per heavy atom. The first-order chi connectivity index (χ1) is 11.3. The number of hydrogen-bond acceptors (Lipinski definition) is 2. The van der Waals surface area contributed by atoms with Crippen LogP contribution in [0.1, 0.15) is 75.0 Å². The van der Waals surface area contributed by atoms with Crippen molar-refractivity contribution < 1.29 is 0 Å². The number of rotatable bonds is 4.